The van der Waals surface area contributed by atoms with Crippen LogP contribution in [0.25, 0.3) is 0 Å². The van der Waals surface area contributed by atoms with E-state index in [1.807, 2.05) is 82.3 Å². The maximum atomic E-state index is 4.99. The summed E-state index contributed by atoms with van der Waals surface area (Å²) in [6.07, 6.45) is 2.38. The summed E-state index contributed by atoms with van der Waals surface area (Å²) < 4.78 is -0.278. The summed E-state index contributed by atoms with van der Waals surface area (Å²) in [6.45, 7) is 0. The molecule has 0 atom stereocenters. The van der Waals surface area contributed by atoms with Crippen LogP contribution in [0.2, 0.25) is 0 Å². The normalized spacial score (nSPS) is 12.6. The van der Waals surface area contributed by atoms with Gasteiger partial charge in [-0.15, -0.1) is 83.2 Å². The lowest BCUT2D eigenvalue weighted by atomic mass is 10.5. The molecule has 0 aromatic rings. The van der Waals surface area contributed by atoms with Crippen molar-refractivity contribution in [1.82, 2.24) is 0 Å². The van der Waals surface area contributed by atoms with Crippen molar-refractivity contribution in [2.75, 3.05) is 57.9 Å². The lowest BCUT2D eigenvalue weighted by Crippen LogP contribution is -2.24. The molecule has 188 valence electrons. The summed E-state index contributed by atoms with van der Waals surface area (Å²) in [4.78, 5) is 0. The third-order valence-corrected chi connectivity index (χ3v) is 19.2. The van der Waals surface area contributed by atoms with E-state index in [-0.39, 0.29) is 6.15 Å². The molecule has 0 saturated carbocycles. The Morgan fingerprint density at radius 2 is 1.00 bits per heavy atom. The molecule has 0 fully saturated rings. The zero-order valence-electron chi connectivity index (χ0n) is 17.0. The van der Waals surface area contributed by atoms with Crippen LogP contribution in [0.15, 0.2) is 0 Å². The number of hydrogen-bond donors (Lipinski definition) is 6. The fourth-order valence-corrected chi connectivity index (χ4v) is 21.7. The average Bonchev–Trinajstić information content (AvgIpc) is 2.72. The van der Waals surface area contributed by atoms with Crippen molar-refractivity contribution in [3.05, 3.63) is 0 Å². The SMILES string of the molecule is SCSCCCSCSCSCSCCC(SCS)(SCS)SC(S)(SCS)SCS. The van der Waals surface area contributed by atoms with Crippen LogP contribution in [0, 0.1) is 0 Å². The second kappa shape index (κ2) is 25.9. The molecular formula is C15H32S16. The van der Waals surface area contributed by atoms with Gasteiger partial charge in [0.05, 0.1) is 0 Å². The predicted octanol–water partition coefficient (Wildman–Crippen LogP) is 9.60. The molecule has 0 amide bonds. The minimum absolute atomic E-state index is 0.00848. The van der Waals surface area contributed by atoms with Crippen LogP contribution < -0.4 is 0 Å². The van der Waals surface area contributed by atoms with E-state index in [1.165, 1.54) is 28.1 Å². The molecule has 0 saturated heterocycles. The first kappa shape index (κ1) is 36.6. The monoisotopic (exact) mass is 724 g/mol. The van der Waals surface area contributed by atoms with E-state index < -0.39 is 0 Å². The molecule has 0 unspecified atom stereocenters. The molecule has 0 bridgehead atoms. The highest BCUT2D eigenvalue weighted by atomic mass is 32.3. The van der Waals surface area contributed by atoms with Gasteiger partial charge in [-0.05, 0) is 30.1 Å². The van der Waals surface area contributed by atoms with Crippen molar-refractivity contribution in [2.45, 2.75) is 19.0 Å². The zero-order chi connectivity index (χ0) is 23.3. The number of hydrogen-bond acceptors (Lipinski definition) is 16. The van der Waals surface area contributed by atoms with Crippen LogP contribution in [0.5, 0.6) is 0 Å². The first-order chi connectivity index (χ1) is 15.0. The summed E-state index contributed by atoms with van der Waals surface area (Å²) in [5.41, 5.74) is 0. The Morgan fingerprint density at radius 1 is 0.516 bits per heavy atom. The second-order valence-electron chi connectivity index (χ2n) is 5.12. The summed E-state index contributed by atoms with van der Waals surface area (Å²) in [7, 11) is 0. The zero-order valence-corrected chi connectivity index (χ0v) is 30.5. The van der Waals surface area contributed by atoms with Gasteiger partial charge in [0.15, 0.2) is 2.74 Å². The molecule has 0 heterocycles. The third kappa shape index (κ3) is 21.1. The quantitative estimate of drug-likeness (QED) is 0.0322. The number of thiol groups is 6. The van der Waals surface area contributed by atoms with Crippen LogP contribution in [-0.2, 0) is 0 Å². The van der Waals surface area contributed by atoms with E-state index in [0.717, 1.165) is 42.7 Å². The third-order valence-electron chi connectivity index (χ3n) is 3.07. The highest BCUT2D eigenvalue weighted by molar-refractivity contribution is 8.51. The second-order valence-corrected chi connectivity index (χ2v) is 24.8. The Labute approximate surface area is 266 Å². The Morgan fingerprint density at radius 3 is 1.52 bits per heavy atom. The van der Waals surface area contributed by atoms with Crippen molar-refractivity contribution in [2.24, 2.45) is 0 Å². The molecule has 16 heteroatoms. The van der Waals surface area contributed by atoms with E-state index in [9.17, 15) is 0 Å². The highest BCUT2D eigenvalue weighted by Crippen LogP contribution is 2.63. The molecule has 31 heavy (non-hydrogen) atoms. The molecule has 0 aliphatic heterocycles. The molecular weight excluding hydrogens is 693 g/mol. The van der Waals surface area contributed by atoms with Gasteiger partial charge in [0, 0.05) is 40.7 Å². The summed E-state index contributed by atoms with van der Waals surface area (Å²) in [6, 6.07) is 0. The smallest absolute Gasteiger partial charge is 0.154 e. The first-order valence-electron chi connectivity index (χ1n) is 8.92. The fraction of sp³-hybridized carbons (Fsp3) is 1.00. The van der Waals surface area contributed by atoms with Gasteiger partial charge in [-0.3, -0.25) is 0 Å². The van der Waals surface area contributed by atoms with Gasteiger partial charge in [-0.2, -0.15) is 98.4 Å². The Balaban J connectivity index is 4.23. The van der Waals surface area contributed by atoms with Gasteiger partial charge in [0.2, 0.25) is 0 Å². The molecule has 0 rings (SSSR count). The highest BCUT2D eigenvalue weighted by Gasteiger charge is 2.41. The number of thioether (sulfide) groups is 10. The average molecular weight is 725 g/mol. The summed E-state index contributed by atoms with van der Waals surface area (Å²) >= 11 is 46.4. The van der Waals surface area contributed by atoms with E-state index in [4.69, 9.17) is 12.6 Å². The maximum Gasteiger partial charge on any atom is 0.154 e. The molecule has 0 nitrogen and oxygen atoms in total. The summed E-state index contributed by atoms with van der Waals surface area (Å²) in [5.74, 6) is 3.63. The molecule has 0 aromatic carbocycles. The van der Waals surface area contributed by atoms with Crippen LogP contribution >= 0.6 is 193 Å². The molecule has 0 aliphatic rings. The van der Waals surface area contributed by atoms with Gasteiger partial charge in [0.25, 0.3) is 0 Å². The minimum atomic E-state index is -0.269. The Hall–Kier alpha value is 5.60. The maximum absolute atomic E-state index is 4.99. The van der Waals surface area contributed by atoms with Gasteiger partial charge in [-0.1, -0.05) is 11.8 Å². The lowest BCUT2D eigenvalue weighted by molar-refractivity contribution is 1.03. The number of rotatable bonds is 24. The molecule has 0 aliphatic carbocycles. The van der Waals surface area contributed by atoms with Gasteiger partial charge >= 0.3 is 0 Å². The van der Waals surface area contributed by atoms with Crippen molar-refractivity contribution in [3.8, 4) is 0 Å². The topological polar surface area (TPSA) is 0 Å². The largest absolute Gasteiger partial charge is 0.168 e. The van der Waals surface area contributed by atoms with E-state index in [2.05, 4.69) is 74.9 Å². The van der Waals surface area contributed by atoms with Crippen LogP contribution in [0.3, 0.4) is 0 Å². The lowest BCUT2D eigenvalue weighted by Gasteiger charge is -2.38. The predicted molar refractivity (Wildman–Crippen MR) is 198 cm³/mol. The van der Waals surface area contributed by atoms with Crippen LogP contribution in [0.1, 0.15) is 12.8 Å². The minimum Gasteiger partial charge on any atom is -0.168 e. The standard InChI is InChI=1S/C15H32S16/c16-6-22-3-1-4-23-11-25-13-26-12-24-5-2-14(27-7-17,28-8-18)31-15(21,29-9-19)30-10-20/h16-21H,1-13H2. The first-order valence-corrected chi connectivity index (χ1v) is 23.1. The molecule has 0 radical (unpaired) electrons. The molecule has 0 spiro atoms. The van der Waals surface area contributed by atoms with Crippen molar-refractivity contribution >= 4 is 193 Å². The van der Waals surface area contributed by atoms with Crippen LogP contribution in [-0.4, -0.2) is 64.1 Å². The molecule has 0 N–H and O–H groups in total. The van der Waals surface area contributed by atoms with E-state index in [0.29, 0.717) is 0 Å². The van der Waals surface area contributed by atoms with E-state index in [1.54, 1.807) is 23.5 Å². The van der Waals surface area contributed by atoms with Crippen LogP contribution in [0.4, 0.5) is 0 Å². The van der Waals surface area contributed by atoms with Gasteiger partial charge < -0.3 is 0 Å². The Kier molecular flexibility index (Phi) is 30.5. The van der Waals surface area contributed by atoms with Gasteiger partial charge in [-0.25, -0.2) is 0 Å². The molecule has 0 aromatic heterocycles. The van der Waals surface area contributed by atoms with Crippen molar-refractivity contribution in [1.29, 1.82) is 0 Å². The fourth-order valence-electron chi connectivity index (χ4n) is 1.84. The summed E-state index contributed by atoms with van der Waals surface area (Å²) in [5, 5.41) is 7.52. The van der Waals surface area contributed by atoms with Crippen molar-refractivity contribution < 1.29 is 0 Å². The van der Waals surface area contributed by atoms with E-state index >= 15 is 0 Å². The van der Waals surface area contributed by atoms with Crippen molar-refractivity contribution in [3.63, 3.8) is 0 Å². The Bertz CT molecular complexity index is 374. The van der Waals surface area contributed by atoms with Gasteiger partial charge in [0.1, 0.15) is 3.41 Å².